The van der Waals surface area contributed by atoms with Gasteiger partial charge in [0.25, 0.3) is 0 Å². The number of aliphatic carboxylic acids is 1. The molecule has 0 bridgehead atoms. The van der Waals surface area contributed by atoms with Crippen LogP contribution in [0, 0.1) is 0 Å². The van der Waals surface area contributed by atoms with Crippen molar-refractivity contribution in [2.75, 3.05) is 0 Å². The number of fused-ring (bicyclic) bond motifs is 3. The monoisotopic (exact) mass is 315 g/mol. The van der Waals surface area contributed by atoms with Crippen LogP contribution in [0.3, 0.4) is 0 Å². The molecule has 6 heteroatoms. The number of hydrogen-bond donors (Lipinski definition) is 1. The third kappa shape index (κ3) is 2.88. The first-order chi connectivity index (χ1) is 10.8. The van der Waals surface area contributed by atoms with Crippen LogP contribution in [0.25, 0.3) is 10.9 Å². The Morgan fingerprint density at radius 2 is 2.00 bits per heavy atom. The molecule has 0 spiro atoms. The van der Waals surface area contributed by atoms with Gasteiger partial charge in [0.1, 0.15) is 5.60 Å². The van der Waals surface area contributed by atoms with E-state index in [1.165, 1.54) is 4.90 Å². The first-order valence-electron chi connectivity index (χ1n) is 7.55. The van der Waals surface area contributed by atoms with Crippen LogP contribution >= 0.6 is 0 Å². The minimum Gasteiger partial charge on any atom is -0.548 e. The largest absolute Gasteiger partial charge is 0.548 e. The molecule has 23 heavy (non-hydrogen) atoms. The van der Waals surface area contributed by atoms with Crippen molar-refractivity contribution in [2.24, 2.45) is 0 Å². The predicted octanol–water partition coefficient (Wildman–Crippen LogP) is 1.58. The molecule has 0 radical (unpaired) electrons. The molecule has 1 aromatic carbocycles. The van der Waals surface area contributed by atoms with Crippen molar-refractivity contribution < 1.29 is 19.4 Å². The number of amides is 1. The number of hydrogen-bond acceptors (Lipinski definition) is 4. The second-order valence-corrected chi connectivity index (χ2v) is 6.77. The number of aromatic nitrogens is 1. The van der Waals surface area contributed by atoms with E-state index in [-0.39, 0.29) is 13.0 Å². The smallest absolute Gasteiger partial charge is 0.411 e. The first kappa shape index (κ1) is 15.4. The highest BCUT2D eigenvalue weighted by molar-refractivity contribution is 5.87. The normalized spacial score (nSPS) is 17.9. The number of carbonyl (C=O) groups excluding carboxylic acids is 2. The number of aromatic amines is 1. The zero-order valence-corrected chi connectivity index (χ0v) is 13.4. The Kier molecular flexibility index (Phi) is 3.55. The predicted molar refractivity (Wildman–Crippen MR) is 82.6 cm³/mol. The Morgan fingerprint density at radius 1 is 1.30 bits per heavy atom. The molecule has 0 saturated heterocycles. The highest BCUT2D eigenvalue weighted by Crippen LogP contribution is 2.30. The Labute approximate surface area is 134 Å². The lowest BCUT2D eigenvalue weighted by Gasteiger charge is -2.37. The molecule has 0 saturated carbocycles. The van der Waals surface area contributed by atoms with Gasteiger partial charge in [-0.3, -0.25) is 4.90 Å². The highest BCUT2D eigenvalue weighted by Gasteiger charge is 2.35. The van der Waals surface area contributed by atoms with Crippen LogP contribution < -0.4 is 5.11 Å². The lowest BCUT2D eigenvalue weighted by atomic mass is 9.97. The van der Waals surface area contributed by atoms with E-state index in [0.717, 1.165) is 22.2 Å². The number of benzene rings is 1. The number of para-hydroxylation sites is 1. The van der Waals surface area contributed by atoms with Crippen LogP contribution in [0.1, 0.15) is 32.0 Å². The molecule has 2 heterocycles. The quantitative estimate of drug-likeness (QED) is 0.865. The molecule has 1 atom stereocenters. The van der Waals surface area contributed by atoms with Crippen LogP contribution in [0.2, 0.25) is 0 Å². The Bertz CT molecular complexity index is 772. The number of carbonyl (C=O) groups is 2. The zero-order chi connectivity index (χ0) is 16.8. The average molecular weight is 315 g/mol. The lowest BCUT2D eigenvalue weighted by Crippen LogP contribution is -2.54. The summed E-state index contributed by atoms with van der Waals surface area (Å²) in [5, 5.41) is 12.5. The molecule has 1 amide bonds. The molecular formula is C17H19N2O4-. The summed E-state index contributed by atoms with van der Waals surface area (Å²) in [5.41, 5.74) is 2.01. The summed E-state index contributed by atoms with van der Waals surface area (Å²) in [6.45, 7) is 5.41. The van der Waals surface area contributed by atoms with Gasteiger partial charge < -0.3 is 19.6 Å². The maximum absolute atomic E-state index is 12.4. The van der Waals surface area contributed by atoms with Crippen molar-refractivity contribution in [1.29, 1.82) is 0 Å². The fourth-order valence-electron chi connectivity index (χ4n) is 2.93. The van der Waals surface area contributed by atoms with Crippen LogP contribution in [0.5, 0.6) is 0 Å². The number of rotatable bonds is 1. The summed E-state index contributed by atoms with van der Waals surface area (Å²) in [7, 11) is 0. The molecule has 3 rings (SSSR count). The van der Waals surface area contributed by atoms with Gasteiger partial charge in [-0.2, -0.15) is 0 Å². The van der Waals surface area contributed by atoms with E-state index in [0.29, 0.717) is 0 Å². The van der Waals surface area contributed by atoms with E-state index in [1.807, 2.05) is 24.3 Å². The Morgan fingerprint density at radius 3 is 2.65 bits per heavy atom. The summed E-state index contributed by atoms with van der Waals surface area (Å²) in [4.78, 5) is 28.4. The molecule has 6 nitrogen and oxygen atoms in total. The molecule has 0 fully saturated rings. The SMILES string of the molecule is CC(C)(C)OC(=O)N1Cc2[nH]c3ccccc3c2C[C@H]1C(=O)[O-]. The fraction of sp³-hybridized carbons (Fsp3) is 0.412. The van der Waals surface area contributed by atoms with Gasteiger partial charge in [0, 0.05) is 23.0 Å². The first-order valence-corrected chi connectivity index (χ1v) is 7.55. The van der Waals surface area contributed by atoms with Gasteiger partial charge in [0.15, 0.2) is 0 Å². The molecule has 1 aromatic heterocycles. The van der Waals surface area contributed by atoms with E-state index < -0.39 is 23.7 Å². The Balaban J connectivity index is 1.98. The standard InChI is InChI=1S/C17H20N2O4/c1-17(2,3)23-16(22)19-9-13-11(8-14(19)15(20)21)10-6-4-5-7-12(10)18-13/h4-7,14,18H,8-9H2,1-3H3,(H,20,21)/p-1/t14-/m0/s1. The summed E-state index contributed by atoms with van der Waals surface area (Å²) in [5.74, 6) is -1.27. The van der Waals surface area contributed by atoms with Gasteiger partial charge >= 0.3 is 6.09 Å². The van der Waals surface area contributed by atoms with Crippen LogP contribution in [-0.2, 0) is 22.5 Å². The van der Waals surface area contributed by atoms with Gasteiger partial charge in [0.2, 0.25) is 0 Å². The van der Waals surface area contributed by atoms with E-state index in [9.17, 15) is 14.7 Å². The van der Waals surface area contributed by atoms with E-state index in [4.69, 9.17) is 4.74 Å². The van der Waals surface area contributed by atoms with Crippen molar-refractivity contribution >= 4 is 23.0 Å². The van der Waals surface area contributed by atoms with Crippen molar-refractivity contribution in [2.45, 2.75) is 45.4 Å². The van der Waals surface area contributed by atoms with Crippen LogP contribution in [0.4, 0.5) is 4.79 Å². The van der Waals surface area contributed by atoms with E-state index >= 15 is 0 Å². The summed E-state index contributed by atoms with van der Waals surface area (Å²) < 4.78 is 5.33. The summed E-state index contributed by atoms with van der Waals surface area (Å²) in [6, 6.07) is 6.66. The second-order valence-electron chi connectivity index (χ2n) is 6.77. The third-order valence-corrected chi connectivity index (χ3v) is 3.90. The van der Waals surface area contributed by atoms with Crippen molar-refractivity contribution in [3.05, 3.63) is 35.5 Å². The van der Waals surface area contributed by atoms with Crippen LogP contribution in [-0.4, -0.2) is 33.6 Å². The van der Waals surface area contributed by atoms with Crippen molar-refractivity contribution in [1.82, 2.24) is 9.88 Å². The molecule has 1 N–H and O–H groups in total. The molecule has 1 aliphatic heterocycles. The lowest BCUT2D eigenvalue weighted by molar-refractivity contribution is -0.311. The van der Waals surface area contributed by atoms with E-state index in [2.05, 4.69) is 4.98 Å². The molecule has 0 aliphatic carbocycles. The Hall–Kier alpha value is -2.50. The number of carboxylic acid groups (broad SMARTS) is 1. The van der Waals surface area contributed by atoms with Crippen molar-refractivity contribution in [3.63, 3.8) is 0 Å². The van der Waals surface area contributed by atoms with Gasteiger partial charge in [-0.15, -0.1) is 0 Å². The fourth-order valence-corrected chi connectivity index (χ4v) is 2.93. The van der Waals surface area contributed by atoms with Gasteiger partial charge in [0.05, 0.1) is 18.6 Å². The summed E-state index contributed by atoms with van der Waals surface area (Å²) >= 11 is 0. The average Bonchev–Trinajstić information content (AvgIpc) is 2.81. The molecular weight excluding hydrogens is 296 g/mol. The number of nitrogens with one attached hydrogen (secondary N) is 1. The van der Waals surface area contributed by atoms with Gasteiger partial charge in [-0.1, -0.05) is 18.2 Å². The molecule has 122 valence electrons. The maximum atomic E-state index is 12.4. The third-order valence-electron chi connectivity index (χ3n) is 3.90. The minimum absolute atomic E-state index is 0.164. The molecule has 1 aliphatic rings. The molecule has 2 aromatic rings. The maximum Gasteiger partial charge on any atom is 0.411 e. The summed E-state index contributed by atoms with van der Waals surface area (Å²) in [6.07, 6.45) is -0.433. The highest BCUT2D eigenvalue weighted by atomic mass is 16.6. The number of carboxylic acids is 1. The van der Waals surface area contributed by atoms with Gasteiger partial charge in [-0.25, -0.2) is 4.79 Å². The van der Waals surface area contributed by atoms with Crippen molar-refractivity contribution in [3.8, 4) is 0 Å². The molecule has 0 unspecified atom stereocenters. The van der Waals surface area contributed by atoms with Gasteiger partial charge in [-0.05, 0) is 32.4 Å². The topological polar surface area (TPSA) is 85.5 Å². The minimum atomic E-state index is -1.27. The van der Waals surface area contributed by atoms with E-state index in [1.54, 1.807) is 20.8 Å². The number of nitrogens with zero attached hydrogens (tertiary/aromatic N) is 1. The number of ether oxygens (including phenoxy) is 1. The van der Waals surface area contributed by atoms with Crippen LogP contribution in [0.15, 0.2) is 24.3 Å². The second kappa shape index (κ2) is 5.30. The number of H-pyrrole nitrogens is 1. The zero-order valence-electron chi connectivity index (χ0n) is 13.4.